The van der Waals surface area contributed by atoms with Gasteiger partial charge in [0.1, 0.15) is 0 Å². The maximum Gasteiger partial charge on any atom is 0.339 e. The Morgan fingerprint density at radius 1 is 1.12 bits per heavy atom. The van der Waals surface area contributed by atoms with E-state index in [2.05, 4.69) is 5.32 Å². The van der Waals surface area contributed by atoms with E-state index >= 15 is 0 Å². The van der Waals surface area contributed by atoms with Crippen LogP contribution in [0.5, 0.6) is 0 Å². The van der Waals surface area contributed by atoms with Crippen LogP contribution in [0.4, 0.5) is 5.69 Å². The summed E-state index contributed by atoms with van der Waals surface area (Å²) in [6, 6.07) is 13.9. The van der Waals surface area contributed by atoms with Crippen LogP contribution in [0, 0.1) is 6.92 Å². The number of rotatable bonds is 6. The van der Waals surface area contributed by atoms with Gasteiger partial charge in [0, 0.05) is 11.4 Å². The lowest BCUT2D eigenvalue weighted by molar-refractivity contribution is -0.119. The molecule has 2 rings (SSSR count). The number of aryl methyl sites for hydroxylation is 1. The van der Waals surface area contributed by atoms with Crippen LogP contribution in [0.2, 0.25) is 0 Å². The molecule has 1 amide bonds. The van der Waals surface area contributed by atoms with Gasteiger partial charge in [-0.3, -0.25) is 9.00 Å². The predicted molar refractivity (Wildman–Crippen MR) is 93.5 cm³/mol. The van der Waals surface area contributed by atoms with Gasteiger partial charge in [0.25, 0.3) is 5.91 Å². The molecule has 1 N–H and O–H groups in total. The number of benzene rings is 2. The van der Waals surface area contributed by atoms with E-state index in [1.54, 1.807) is 37.3 Å². The van der Waals surface area contributed by atoms with Gasteiger partial charge in [-0.1, -0.05) is 31.2 Å². The lowest BCUT2D eigenvalue weighted by Gasteiger charge is -2.09. The van der Waals surface area contributed by atoms with Gasteiger partial charge in [-0.05, 0) is 36.8 Å². The van der Waals surface area contributed by atoms with Crippen molar-refractivity contribution in [2.75, 3.05) is 17.7 Å². The number of amides is 1. The zero-order valence-corrected chi connectivity index (χ0v) is 14.4. The monoisotopic (exact) mass is 345 g/mol. The molecule has 2 aromatic carbocycles. The van der Waals surface area contributed by atoms with Crippen molar-refractivity contribution in [3.63, 3.8) is 0 Å². The second-order valence-electron chi connectivity index (χ2n) is 5.12. The summed E-state index contributed by atoms with van der Waals surface area (Å²) in [7, 11) is -1.27. The summed E-state index contributed by atoms with van der Waals surface area (Å²) in [6.45, 7) is 3.29. The molecule has 0 aromatic heterocycles. The second-order valence-corrected chi connectivity index (χ2v) is 6.83. The molecule has 5 nitrogen and oxygen atoms in total. The van der Waals surface area contributed by atoms with Crippen molar-refractivity contribution in [1.29, 1.82) is 0 Å². The molecule has 126 valence electrons. The quantitative estimate of drug-likeness (QED) is 0.817. The fourth-order valence-corrected chi connectivity index (χ4v) is 3.06. The van der Waals surface area contributed by atoms with Crippen molar-refractivity contribution < 1.29 is 18.5 Å². The Bertz CT molecular complexity index is 773. The molecule has 0 spiro atoms. The summed E-state index contributed by atoms with van der Waals surface area (Å²) >= 11 is 0. The minimum absolute atomic E-state index is 0.223. The number of hydrogen-bond acceptors (Lipinski definition) is 4. The van der Waals surface area contributed by atoms with Gasteiger partial charge in [-0.15, -0.1) is 0 Å². The molecule has 0 fully saturated rings. The van der Waals surface area contributed by atoms with Gasteiger partial charge in [-0.25, -0.2) is 4.79 Å². The maximum atomic E-state index is 12.2. The molecule has 0 bridgehead atoms. The second kappa shape index (κ2) is 8.40. The van der Waals surface area contributed by atoms with Gasteiger partial charge in [0.15, 0.2) is 6.61 Å². The summed E-state index contributed by atoms with van der Waals surface area (Å²) in [5.41, 5.74) is 1.88. The summed E-state index contributed by atoms with van der Waals surface area (Å²) in [4.78, 5) is 24.5. The average molecular weight is 345 g/mol. The predicted octanol–water partition coefficient (Wildman–Crippen LogP) is 2.92. The number of esters is 1. The van der Waals surface area contributed by atoms with E-state index in [1.807, 2.05) is 25.1 Å². The van der Waals surface area contributed by atoms with Crippen LogP contribution < -0.4 is 5.32 Å². The standard InChI is InChI=1S/C18H19NO4S/c1-3-24(22)16-10-5-4-9-15(16)18(21)23-12-17(20)19-14-8-6-7-13(2)11-14/h4-11H,3,12H2,1-2H3,(H,19,20)/t24-/m0/s1. The van der Waals surface area contributed by atoms with Crippen LogP contribution in [-0.2, 0) is 20.3 Å². The Kier molecular flexibility index (Phi) is 6.26. The van der Waals surface area contributed by atoms with E-state index in [1.165, 1.54) is 0 Å². The maximum absolute atomic E-state index is 12.2. The summed E-state index contributed by atoms with van der Waals surface area (Å²) in [5, 5.41) is 2.66. The first kappa shape index (κ1) is 17.9. The lowest BCUT2D eigenvalue weighted by atomic mass is 10.2. The molecule has 2 aromatic rings. The summed E-state index contributed by atoms with van der Waals surface area (Å²) in [5.74, 6) is -0.687. The van der Waals surface area contributed by atoms with E-state index in [0.717, 1.165) is 5.56 Å². The van der Waals surface area contributed by atoms with Gasteiger partial charge >= 0.3 is 5.97 Å². The van der Waals surface area contributed by atoms with E-state index in [-0.39, 0.29) is 5.56 Å². The number of hydrogen-bond donors (Lipinski definition) is 1. The number of nitrogens with one attached hydrogen (secondary N) is 1. The molecule has 0 aliphatic rings. The number of anilines is 1. The number of ether oxygens (including phenoxy) is 1. The van der Waals surface area contributed by atoms with Gasteiger partial charge in [0.05, 0.1) is 21.3 Å². The molecule has 0 aliphatic carbocycles. The van der Waals surface area contributed by atoms with E-state index in [0.29, 0.717) is 16.3 Å². The number of carbonyl (C=O) groups is 2. The molecular formula is C18H19NO4S. The van der Waals surface area contributed by atoms with Crippen LogP contribution in [0.3, 0.4) is 0 Å². The minimum Gasteiger partial charge on any atom is -0.452 e. The Labute approximate surface area is 143 Å². The van der Waals surface area contributed by atoms with Crippen LogP contribution in [0.25, 0.3) is 0 Å². The summed E-state index contributed by atoms with van der Waals surface area (Å²) < 4.78 is 17.0. The first-order chi connectivity index (χ1) is 11.5. The average Bonchev–Trinajstić information content (AvgIpc) is 2.59. The van der Waals surface area contributed by atoms with E-state index in [4.69, 9.17) is 4.74 Å². The SMILES string of the molecule is CC[S@](=O)c1ccccc1C(=O)OCC(=O)Nc1cccc(C)c1. The van der Waals surface area contributed by atoms with Crippen LogP contribution in [0.1, 0.15) is 22.8 Å². The first-order valence-corrected chi connectivity index (χ1v) is 8.84. The highest BCUT2D eigenvalue weighted by atomic mass is 32.2. The molecule has 0 radical (unpaired) electrons. The first-order valence-electron chi connectivity index (χ1n) is 7.52. The summed E-state index contributed by atoms with van der Waals surface area (Å²) in [6.07, 6.45) is 0. The van der Waals surface area contributed by atoms with Crippen molar-refractivity contribution in [2.24, 2.45) is 0 Å². The molecule has 0 saturated heterocycles. The Hall–Kier alpha value is -2.47. The van der Waals surface area contributed by atoms with Crippen molar-refractivity contribution in [1.82, 2.24) is 0 Å². The minimum atomic E-state index is -1.27. The van der Waals surface area contributed by atoms with E-state index in [9.17, 15) is 13.8 Å². The Morgan fingerprint density at radius 2 is 1.88 bits per heavy atom. The molecule has 0 saturated carbocycles. The fraction of sp³-hybridized carbons (Fsp3) is 0.222. The molecule has 24 heavy (non-hydrogen) atoms. The zero-order chi connectivity index (χ0) is 17.5. The third-order valence-electron chi connectivity index (χ3n) is 3.25. The van der Waals surface area contributed by atoms with Gasteiger partial charge in [0.2, 0.25) is 0 Å². The fourth-order valence-electron chi connectivity index (χ4n) is 2.12. The highest BCUT2D eigenvalue weighted by molar-refractivity contribution is 7.85. The zero-order valence-electron chi connectivity index (χ0n) is 13.6. The van der Waals surface area contributed by atoms with Crippen molar-refractivity contribution in [3.05, 3.63) is 59.7 Å². The van der Waals surface area contributed by atoms with Gasteiger partial charge in [-0.2, -0.15) is 0 Å². The Morgan fingerprint density at radius 3 is 2.58 bits per heavy atom. The number of carbonyl (C=O) groups excluding carboxylic acids is 2. The lowest BCUT2D eigenvalue weighted by Crippen LogP contribution is -2.21. The van der Waals surface area contributed by atoms with Crippen molar-refractivity contribution in [3.8, 4) is 0 Å². The van der Waals surface area contributed by atoms with E-state index < -0.39 is 29.3 Å². The van der Waals surface area contributed by atoms with Crippen LogP contribution >= 0.6 is 0 Å². The smallest absolute Gasteiger partial charge is 0.339 e. The molecule has 1 atom stereocenters. The van der Waals surface area contributed by atoms with Crippen LogP contribution in [-0.4, -0.2) is 28.4 Å². The Balaban J connectivity index is 1.98. The topological polar surface area (TPSA) is 72.5 Å². The van der Waals surface area contributed by atoms with Gasteiger partial charge < -0.3 is 10.1 Å². The highest BCUT2D eigenvalue weighted by Gasteiger charge is 2.17. The highest BCUT2D eigenvalue weighted by Crippen LogP contribution is 2.15. The molecular weight excluding hydrogens is 326 g/mol. The van der Waals surface area contributed by atoms with Crippen molar-refractivity contribution in [2.45, 2.75) is 18.7 Å². The van der Waals surface area contributed by atoms with Crippen molar-refractivity contribution >= 4 is 28.4 Å². The normalized spacial score (nSPS) is 11.6. The molecule has 0 unspecified atom stereocenters. The van der Waals surface area contributed by atoms with Crippen LogP contribution in [0.15, 0.2) is 53.4 Å². The third-order valence-corrected chi connectivity index (χ3v) is 4.62. The largest absolute Gasteiger partial charge is 0.452 e. The molecule has 6 heteroatoms. The molecule has 0 aliphatic heterocycles. The third kappa shape index (κ3) is 4.76. The molecule has 0 heterocycles.